The highest BCUT2D eigenvalue weighted by Gasteiger charge is 2.25. The van der Waals surface area contributed by atoms with Gasteiger partial charge in [-0.15, -0.1) is 11.3 Å². The molecule has 0 spiro atoms. The molecule has 0 aromatic heterocycles. The minimum atomic E-state index is 0.173. The summed E-state index contributed by atoms with van der Waals surface area (Å²) in [6.45, 7) is 12.9. The van der Waals surface area contributed by atoms with Gasteiger partial charge in [0, 0.05) is 37.4 Å². The summed E-state index contributed by atoms with van der Waals surface area (Å²) in [5, 5.41) is 0. The van der Waals surface area contributed by atoms with Crippen molar-refractivity contribution in [1.29, 1.82) is 0 Å². The predicted molar refractivity (Wildman–Crippen MR) is 141 cm³/mol. The van der Waals surface area contributed by atoms with Crippen molar-refractivity contribution in [3.63, 3.8) is 0 Å². The third kappa shape index (κ3) is 4.92. The van der Waals surface area contributed by atoms with Gasteiger partial charge in [0.2, 0.25) is 5.43 Å². The number of nitrogens with zero attached hydrogens (tertiary/aromatic N) is 3. The summed E-state index contributed by atoms with van der Waals surface area (Å²) in [6.07, 6.45) is 1.91. The first-order chi connectivity index (χ1) is 16.5. The fourth-order valence-corrected chi connectivity index (χ4v) is 6.43. The topological polar surface area (TPSA) is 54.9 Å². The summed E-state index contributed by atoms with van der Waals surface area (Å²) >= 11 is 1.70. The molecule has 2 saturated heterocycles. The number of morpholine rings is 2. The third-order valence-corrected chi connectivity index (χ3v) is 7.96. The van der Waals surface area contributed by atoms with Crippen LogP contribution < -0.4 is 15.2 Å². The van der Waals surface area contributed by atoms with Crippen LogP contribution >= 0.6 is 11.3 Å². The number of rotatable bonds is 6. The average molecular weight is 482 g/mol. The Hall–Kier alpha value is -2.22. The molecule has 2 fully saturated rings. The molecule has 7 heteroatoms. The Balaban J connectivity index is 1.62. The van der Waals surface area contributed by atoms with E-state index in [2.05, 4.69) is 54.8 Å². The average Bonchev–Trinajstić information content (AvgIpc) is 2.84. The van der Waals surface area contributed by atoms with Gasteiger partial charge in [-0.3, -0.25) is 4.79 Å². The van der Waals surface area contributed by atoms with E-state index in [0.717, 1.165) is 84.3 Å². The van der Waals surface area contributed by atoms with E-state index in [1.54, 1.807) is 11.3 Å². The lowest BCUT2D eigenvalue weighted by Crippen LogP contribution is -2.39. The van der Waals surface area contributed by atoms with Gasteiger partial charge in [0.25, 0.3) is 0 Å². The molecule has 0 radical (unpaired) electrons. The summed E-state index contributed by atoms with van der Waals surface area (Å²) in [5.41, 5.74) is 5.01. The largest absolute Gasteiger partial charge is 0.378 e. The van der Waals surface area contributed by atoms with E-state index in [4.69, 9.17) is 14.5 Å². The molecule has 0 bridgehead atoms. The lowest BCUT2D eigenvalue weighted by Gasteiger charge is -2.31. The van der Waals surface area contributed by atoms with Gasteiger partial charge < -0.3 is 19.3 Å². The Bertz CT molecular complexity index is 1170. The Kier molecular flexibility index (Phi) is 7.04. The first kappa shape index (κ1) is 23.5. The van der Waals surface area contributed by atoms with E-state index in [-0.39, 0.29) is 5.43 Å². The van der Waals surface area contributed by atoms with Crippen LogP contribution in [0.15, 0.2) is 29.1 Å². The maximum Gasteiger partial charge on any atom is 0.206 e. The molecule has 0 saturated carbocycles. The zero-order valence-corrected chi connectivity index (χ0v) is 21.3. The van der Waals surface area contributed by atoms with E-state index < -0.39 is 0 Å². The highest BCUT2D eigenvalue weighted by molar-refractivity contribution is 7.22. The standard InChI is InChI=1S/C27H35N3O3S/c1-18(2)14-19(3)15-20-16-23-27(25(26(20)31)30-8-12-33-13-9-30)34-24-17-21(4-5-22(24)28-23)29-6-10-32-11-7-29/h4-5,16-19H,6-15H2,1-3H3. The van der Waals surface area contributed by atoms with Crippen molar-refractivity contribution in [3.05, 3.63) is 40.1 Å². The Morgan fingerprint density at radius 2 is 1.65 bits per heavy atom. The van der Waals surface area contributed by atoms with Crippen molar-refractivity contribution in [3.8, 4) is 10.6 Å². The van der Waals surface area contributed by atoms with E-state index in [1.165, 1.54) is 5.69 Å². The summed E-state index contributed by atoms with van der Waals surface area (Å²) in [5.74, 6) is 1.08. The molecule has 0 N–H and O–H groups in total. The number of aromatic nitrogens is 1. The second-order valence-corrected chi connectivity index (χ2v) is 11.1. The monoisotopic (exact) mass is 481 g/mol. The number of hydrogen-bond acceptors (Lipinski definition) is 7. The van der Waals surface area contributed by atoms with Crippen LogP contribution in [0.5, 0.6) is 0 Å². The molecule has 4 aliphatic rings. The number of anilines is 2. The number of benzene rings is 2. The predicted octanol–water partition coefficient (Wildman–Crippen LogP) is 4.66. The fraction of sp³-hybridized carbons (Fsp3) is 0.556. The Labute approximate surface area is 205 Å². The lowest BCUT2D eigenvalue weighted by molar-refractivity contribution is 0.122. The van der Waals surface area contributed by atoms with Gasteiger partial charge >= 0.3 is 0 Å². The van der Waals surface area contributed by atoms with Crippen LogP contribution in [0.2, 0.25) is 0 Å². The lowest BCUT2D eigenvalue weighted by atomic mass is 9.91. The molecule has 1 unspecified atom stereocenters. The Morgan fingerprint density at radius 3 is 2.32 bits per heavy atom. The summed E-state index contributed by atoms with van der Waals surface area (Å²) in [7, 11) is 0. The second kappa shape index (κ2) is 10.2. The van der Waals surface area contributed by atoms with Crippen LogP contribution in [-0.2, 0) is 15.9 Å². The number of hydrogen-bond donors (Lipinski definition) is 0. The molecule has 6 nitrogen and oxygen atoms in total. The first-order valence-corrected chi connectivity index (χ1v) is 13.4. The van der Waals surface area contributed by atoms with Crippen LogP contribution in [0.4, 0.5) is 11.4 Å². The van der Waals surface area contributed by atoms with Crippen LogP contribution in [0.1, 0.15) is 32.8 Å². The molecule has 182 valence electrons. The zero-order valence-electron chi connectivity index (χ0n) is 20.5. The van der Waals surface area contributed by atoms with E-state index in [9.17, 15) is 4.79 Å². The van der Waals surface area contributed by atoms with Crippen molar-refractivity contribution >= 4 is 32.9 Å². The van der Waals surface area contributed by atoms with Crippen molar-refractivity contribution in [2.45, 2.75) is 33.6 Å². The number of ether oxygens (including phenoxy) is 2. The SMILES string of the molecule is CC(C)CC(C)Cc1cc2nc3ccc(N4CCOCC4)cc3sc-2c(N2CCOCC2)c1=O. The molecule has 0 amide bonds. The molecule has 1 atom stereocenters. The molecule has 1 aromatic rings. The molecule has 34 heavy (non-hydrogen) atoms. The molecule has 3 aliphatic heterocycles. The quantitative estimate of drug-likeness (QED) is 0.478. The summed E-state index contributed by atoms with van der Waals surface area (Å²) in [4.78, 5) is 24.5. The zero-order chi connectivity index (χ0) is 23.7. The van der Waals surface area contributed by atoms with Crippen molar-refractivity contribution in [2.24, 2.45) is 11.8 Å². The smallest absolute Gasteiger partial charge is 0.206 e. The van der Waals surface area contributed by atoms with E-state index in [1.807, 2.05) is 0 Å². The van der Waals surface area contributed by atoms with Crippen LogP contribution in [0, 0.1) is 11.8 Å². The first-order valence-electron chi connectivity index (χ1n) is 12.6. The minimum absolute atomic E-state index is 0.173. The van der Waals surface area contributed by atoms with Gasteiger partial charge in [-0.05, 0) is 48.9 Å². The van der Waals surface area contributed by atoms with Crippen molar-refractivity contribution < 1.29 is 9.47 Å². The van der Waals surface area contributed by atoms with Crippen LogP contribution in [0.3, 0.4) is 0 Å². The molecule has 1 aliphatic carbocycles. The normalized spacial score (nSPS) is 18.2. The Morgan fingerprint density at radius 1 is 0.971 bits per heavy atom. The van der Waals surface area contributed by atoms with Gasteiger partial charge in [-0.25, -0.2) is 4.98 Å². The second-order valence-electron chi connectivity index (χ2n) is 10.1. The van der Waals surface area contributed by atoms with Gasteiger partial charge in [0.15, 0.2) is 0 Å². The molecular weight excluding hydrogens is 446 g/mol. The van der Waals surface area contributed by atoms with E-state index in [0.29, 0.717) is 25.0 Å². The van der Waals surface area contributed by atoms with Crippen LogP contribution in [-0.4, -0.2) is 57.6 Å². The molecule has 1 aromatic carbocycles. The number of fused-ring (bicyclic) bond motifs is 2. The minimum Gasteiger partial charge on any atom is -0.378 e. The van der Waals surface area contributed by atoms with Gasteiger partial charge in [0.05, 0.1) is 47.2 Å². The summed E-state index contributed by atoms with van der Waals surface area (Å²) < 4.78 is 12.2. The van der Waals surface area contributed by atoms with Crippen LogP contribution in [0.25, 0.3) is 20.8 Å². The van der Waals surface area contributed by atoms with Crippen molar-refractivity contribution in [2.75, 3.05) is 62.4 Å². The maximum atomic E-state index is 13.8. The summed E-state index contributed by atoms with van der Waals surface area (Å²) in [6, 6.07) is 8.57. The van der Waals surface area contributed by atoms with Gasteiger partial charge in [0.1, 0.15) is 5.69 Å². The molecule has 3 heterocycles. The maximum absolute atomic E-state index is 13.8. The van der Waals surface area contributed by atoms with Gasteiger partial charge in [-0.2, -0.15) is 0 Å². The molecule has 5 rings (SSSR count). The molecular formula is C27H35N3O3S. The van der Waals surface area contributed by atoms with E-state index >= 15 is 0 Å². The third-order valence-electron chi connectivity index (χ3n) is 6.81. The highest BCUT2D eigenvalue weighted by Crippen LogP contribution is 2.39. The highest BCUT2D eigenvalue weighted by atomic mass is 32.1. The van der Waals surface area contributed by atoms with Gasteiger partial charge in [-0.1, -0.05) is 20.8 Å². The fourth-order valence-electron chi connectivity index (χ4n) is 5.28. The van der Waals surface area contributed by atoms with Crippen molar-refractivity contribution in [1.82, 2.24) is 4.98 Å².